The largest absolute Gasteiger partial charge is 0.354 e. The van der Waals surface area contributed by atoms with E-state index in [4.69, 9.17) is 11.6 Å². The molecule has 0 spiro atoms. The molecule has 146 valence electrons. The minimum absolute atomic E-state index is 0.177. The van der Waals surface area contributed by atoms with Crippen molar-refractivity contribution < 1.29 is 13.2 Å². The quantitative estimate of drug-likeness (QED) is 0.627. The molecule has 0 aliphatic rings. The zero-order valence-corrected chi connectivity index (χ0v) is 17.8. The summed E-state index contributed by atoms with van der Waals surface area (Å²) in [6.45, 7) is 3.46. The summed E-state index contributed by atoms with van der Waals surface area (Å²) in [6.07, 6.45) is 1.50. The van der Waals surface area contributed by atoms with E-state index in [9.17, 15) is 13.2 Å². The maximum atomic E-state index is 12.8. The smallest absolute Gasteiger partial charge is 0.262 e. The first kappa shape index (κ1) is 20.3. The average Bonchev–Trinajstić information content (AvgIpc) is 3.14. The SMILES string of the molecule is CNC(=O)c1cnc(-c2cccc(NS(=O)(=O)c3cc(C)c(Cl)cc3C)c2)s1. The molecule has 0 fully saturated rings. The monoisotopic (exact) mass is 435 g/mol. The van der Waals surface area contributed by atoms with Crippen LogP contribution in [0, 0.1) is 13.8 Å². The fraction of sp³-hybridized carbons (Fsp3) is 0.158. The van der Waals surface area contributed by atoms with Crippen molar-refractivity contribution in [3.8, 4) is 10.6 Å². The molecule has 1 aromatic heterocycles. The number of nitrogens with one attached hydrogen (secondary N) is 2. The highest BCUT2D eigenvalue weighted by Gasteiger charge is 2.19. The molecular weight excluding hydrogens is 418 g/mol. The van der Waals surface area contributed by atoms with Gasteiger partial charge in [-0.05, 0) is 49.2 Å². The first-order valence-electron chi connectivity index (χ1n) is 8.29. The Morgan fingerprint density at radius 2 is 1.89 bits per heavy atom. The number of amides is 1. The van der Waals surface area contributed by atoms with E-state index >= 15 is 0 Å². The number of hydrogen-bond acceptors (Lipinski definition) is 5. The molecule has 0 radical (unpaired) electrons. The maximum absolute atomic E-state index is 12.8. The van der Waals surface area contributed by atoms with Crippen LogP contribution in [0.4, 0.5) is 5.69 Å². The Labute approximate surface area is 172 Å². The van der Waals surface area contributed by atoms with Crippen LogP contribution in [-0.4, -0.2) is 26.4 Å². The predicted octanol–water partition coefficient (Wildman–Crippen LogP) is 4.24. The van der Waals surface area contributed by atoms with Gasteiger partial charge in [0.05, 0.1) is 11.1 Å². The van der Waals surface area contributed by atoms with Crippen LogP contribution in [0.3, 0.4) is 0 Å². The summed E-state index contributed by atoms with van der Waals surface area (Å²) in [4.78, 5) is 16.6. The van der Waals surface area contributed by atoms with Crippen molar-refractivity contribution in [1.29, 1.82) is 0 Å². The normalized spacial score (nSPS) is 11.3. The Balaban J connectivity index is 1.92. The molecule has 2 N–H and O–H groups in total. The molecule has 0 unspecified atom stereocenters. The van der Waals surface area contributed by atoms with E-state index in [-0.39, 0.29) is 10.8 Å². The first-order chi connectivity index (χ1) is 13.2. The van der Waals surface area contributed by atoms with E-state index in [2.05, 4.69) is 15.0 Å². The number of aromatic nitrogens is 1. The summed E-state index contributed by atoms with van der Waals surface area (Å²) in [5.41, 5.74) is 2.37. The van der Waals surface area contributed by atoms with Gasteiger partial charge >= 0.3 is 0 Å². The Hall–Kier alpha value is -2.42. The maximum Gasteiger partial charge on any atom is 0.262 e. The summed E-state index contributed by atoms with van der Waals surface area (Å²) in [5.74, 6) is -0.214. The van der Waals surface area contributed by atoms with Crippen LogP contribution in [0.2, 0.25) is 5.02 Å². The number of benzene rings is 2. The Morgan fingerprint density at radius 1 is 1.14 bits per heavy atom. The number of carbonyl (C=O) groups excluding carboxylic acids is 1. The minimum atomic E-state index is -3.78. The van der Waals surface area contributed by atoms with Crippen molar-refractivity contribution in [3.05, 3.63) is 63.6 Å². The standard InChI is InChI=1S/C19H18ClN3O3S2/c1-11-8-17(12(2)7-15(11)20)28(25,26)23-14-6-4-5-13(9-14)19-22-10-16(27-19)18(24)21-3/h4-10,23H,1-3H3,(H,21,24). The van der Waals surface area contributed by atoms with Gasteiger partial charge in [-0.1, -0.05) is 23.7 Å². The van der Waals surface area contributed by atoms with Gasteiger partial charge in [-0.25, -0.2) is 13.4 Å². The second-order valence-electron chi connectivity index (χ2n) is 6.16. The van der Waals surface area contributed by atoms with Crippen LogP contribution in [0.1, 0.15) is 20.8 Å². The number of carbonyl (C=O) groups is 1. The molecule has 1 heterocycles. The number of anilines is 1. The molecule has 2 aromatic carbocycles. The number of sulfonamides is 1. The molecule has 0 atom stereocenters. The lowest BCUT2D eigenvalue weighted by molar-refractivity contribution is 0.0967. The number of nitrogens with zero attached hydrogens (tertiary/aromatic N) is 1. The summed E-state index contributed by atoms with van der Waals surface area (Å²) >= 11 is 7.30. The van der Waals surface area contributed by atoms with Gasteiger partial charge in [-0.15, -0.1) is 11.3 Å². The lowest BCUT2D eigenvalue weighted by Crippen LogP contribution is -2.16. The molecule has 0 bridgehead atoms. The molecular formula is C19H18ClN3O3S2. The van der Waals surface area contributed by atoms with Crippen molar-refractivity contribution >= 4 is 44.6 Å². The zero-order valence-electron chi connectivity index (χ0n) is 15.4. The minimum Gasteiger partial charge on any atom is -0.354 e. The van der Waals surface area contributed by atoms with Crippen LogP contribution < -0.4 is 10.0 Å². The number of halogens is 1. The second kappa shape index (κ2) is 7.90. The van der Waals surface area contributed by atoms with Gasteiger partial charge in [0.25, 0.3) is 15.9 Å². The summed E-state index contributed by atoms with van der Waals surface area (Å²) < 4.78 is 28.3. The zero-order chi connectivity index (χ0) is 20.5. The molecule has 3 aromatic rings. The Kier molecular flexibility index (Phi) is 5.74. The van der Waals surface area contributed by atoms with Gasteiger partial charge in [0.15, 0.2) is 0 Å². The molecule has 0 saturated heterocycles. The van der Waals surface area contributed by atoms with Crippen LogP contribution in [0.5, 0.6) is 0 Å². The summed E-state index contributed by atoms with van der Waals surface area (Å²) in [6, 6.07) is 10.1. The second-order valence-corrected chi connectivity index (χ2v) is 9.25. The van der Waals surface area contributed by atoms with Crippen LogP contribution in [-0.2, 0) is 10.0 Å². The highest BCUT2D eigenvalue weighted by atomic mass is 35.5. The summed E-state index contributed by atoms with van der Waals surface area (Å²) in [5, 5.41) is 3.70. The summed E-state index contributed by atoms with van der Waals surface area (Å²) in [7, 11) is -2.23. The van der Waals surface area contributed by atoms with Crippen molar-refractivity contribution in [2.45, 2.75) is 18.7 Å². The molecule has 0 aliphatic carbocycles. The van der Waals surface area contributed by atoms with Gasteiger partial charge < -0.3 is 5.32 Å². The molecule has 0 aliphatic heterocycles. The van der Waals surface area contributed by atoms with Gasteiger partial charge in [-0.2, -0.15) is 0 Å². The topological polar surface area (TPSA) is 88.2 Å². The molecule has 6 nitrogen and oxygen atoms in total. The third-order valence-electron chi connectivity index (χ3n) is 4.06. The third-order valence-corrected chi connectivity index (χ3v) is 7.04. The van der Waals surface area contributed by atoms with E-state index < -0.39 is 10.0 Å². The molecule has 28 heavy (non-hydrogen) atoms. The van der Waals surface area contributed by atoms with E-state index in [0.717, 1.165) is 0 Å². The fourth-order valence-electron chi connectivity index (χ4n) is 2.61. The van der Waals surface area contributed by atoms with Crippen molar-refractivity contribution in [3.63, 3.8) is 0 Å². The van der Waals surface area contributed by atoms with E-state index in [1.165, 1.54) is 17.5 Å². The Bertz CT molecular complexity index is 1160. The average molecular weight is 436 g/mol. The predicted molar refractivity (Wildman–Crippen MR) is 113 cm³/mol. The van der Waals surface area contributed by atoms with Crippen molar-refractivity contribution in [2.75, 3.05) is 11.8 Å². The molecule has 9 heteroatoms. The van der Waals surface area contributed by atoms with Gasteiger partial charge in [0.1, 0.15) is 9.88 Å². The van der Waals surface area contributed by atoms with Crippen molar-refractivity contribution in [1.82, 2.24) is 10.3 Å². The lowest BCUT2D eigenvalue weighted by atomic mass is 10.2. The van der Waals surface area contributed by atoms with Crippen LogP contribution in [0.25, 0.3) is 10.6 Å². The van der Waals surface area contributed by atoms with Gasteiger partial charge in [-0.3, -0.25) is 9.52 Å². The fourth-order valence-corrected chi connectivity index (χ4v) is 5.04. The third kappa shape index (κ3) is 4.19. The van der Waals surface area contributed by atoms with E-state index in [0.29, 0.717) is 37.3 Å². The number of rotatable bonds is 5. The lowest BCUT2D eigenvalue weighted by Gasteiger charge is -2.12. The highest BCUT2D eigenvalue weighted by Crippen LogP contribution is 2.29. The highest BCUT2D eigenvalue weighted by molar-refractivity contribution is 7.92. The van der Waals surface area contributed by atoms with E-state index in [1.807, 2.05) is 6.07 Å². The van der Waals surface area contributed by atoms with Gasteiger partial charge in [0, 0.05) is 23.3 Å². The van der Waals surface area contributed by atoms with Crippen molar-refractivity contribution in [2.24, 2.45) is 0 Å². The number of hydrogen-bond donors (Lipinski definition) is 2. The number of thiazole rings is 1. The molecule has 1 amide bonds. The van der Waals surface area contributed by atoms with E-state index in [1.54, 1.807) is 51.2 Å². The number of aryl methyl sites for hydroxylation is 2. The van der Waals surface area contributed by atoms with Crippen LogP contribution >= 0.6 is 22.9 Å². The molecule has 0 saturated carbocycles. The molecule has 3 rings (SSSR count). The van der Waals surface area contributed by atoms with Crippen LogP contribution in [0.15, 0.2) is 47.5 Å². The Morgan fingerprint density at radius 3 is 2.61 bits per heavy atom. The van der Waals surface area contributed by atoms with Gasteiger partial charge in [0.2, 0.25) is 0 Å². The first-order valence-corrected chi connectivity index (χ1v) is 11.0.